The summed E-state index contributed by atoms with van der Waals surface area (Å²) in [5, 5.41) is 6.86. The number of rotatable bonds is 4. The lowest BCUT2D eigenvalue weighted by atomic mass is 9.99. The standard InChI is InChI=1S/C30H20ClOSi/c31-25-17-10-19-27-30(25)29-24(16-9-18-26(29)32-27)23-15-7-8-20-28(23)33(21-11-3-1-4-12-21)22-13-5-2-6-14-22/h1-20H. The van der Waals surface area contributed by atoms with Gasteiger partial charge >= 0.3 is 0 Å². The van der Waals surface area contributed by atoms with Gasteiger partial charge in [-0.1, -0.05) is 125 Å². The number of hydrogen-bond donors (Lipinski definition) is 0. The fourth-order valence-corrected chi connectivity index (χ4v) is 7.69. The van der Waals surface area contributed by atoms with Gasteiger partial charge in [-0.05, 0) is 34.5 Å². The van der Waals surface area contributed by atoms with Crippen molar-refractivity contribution < 1.29 is 4.42 Å². The van der Waals surface area contributed by atoms with Crippen LogP contribution in [0.4, 0.5) is 0 Å². The monoisotopic (exact) mass is 459 g/mol. The minimum Gasteiger partial charge on any atom is -0.456 e. The Hall–Kier alpha value is -3.59. The van der Waals surface area contributed by atoms with Crippen LogP contribution in [0.2, 0.25) is 5.02 Å². The molecule has 3 heteroatoms. The predicted octanol–water partition coefficient (Wildman–Crippen LogP) is 6.42. The quantitative estimate of drug-likeness (QED) is 0.219. The van der Waals surface area contributed by atoms with E-state index in [1.165, 1.54) is 21.1 Å². The number of fused-ring (bicyclic) bond motifs is 3. The molecule has 1 heterocycles. The Balaban J connectivity index is 1.66. The van der Waals surface area contributed by atoms with Crippen molar-refractivity contribution in [3.8, 4) is 11.1 Å². The molecule has 0 amide bonds. The minimum absolute atomic E-state index is 0.716. The molecule has 1 nitrogen and oxygen atoms in total. The van der Waals surface area contributed by atoms with Crippen molar-refractivity contribution in [2.45, 2.75) is 0 Å². The third-order valence-electron chi connectivity index (χ3n) is 6.08. The Morgan fingerprint density at radius 2 is 1.03 bits per heavy atom. The highest BCUT2D eigenvalue weighted by atomic mass is 35.5. The van der Waals surface area contributed by atoms with Crippen LogP contribution in [0.25, 0.3) is 33.1 Å². The Kier molecular flexibility index (Phi) is 5.10. The lowest BCUT2D eigenvalue weighted by molar-refractivity contribution is 0.669. The molecule has 0 unspecified atom stereocenters. The summed E-state index contributed by atoms with van der Waals surface area (Å²) in [5.74, 6) is 0. The van der Waals surface area contributed by atoms with Gasteiger partial charge in [-0.2, -0.15) is 0 Å². The van der Waals surface area contributed by atoms with Gasteiger partial charge in [0.1, 0.15) is 11.2 Å². The molecule has 33 heavy (non-hydrogen) atoms. The van der Waals surface area contributed by atoms with Crippen LogP contribution in [0.15, 0.2) is 126 Å². The van der Waals surface area contributed by atoms with Crippen LogP contribution in [0, 0.1) is 0 Å². The van der Waals surface area contributed by atoms with E-state index in [-0.39, 0.29) is 0 Å². The summed E-state index contributed by atoms with van der Waals surface area (Å²) in [5.41, 5.74) is 4.06. The normalized spacial score (nSPS) is 11.5. The molecule has 0 fully saturated rings. The Labute approximate surface area is 199 Å². The summed E-state index contributed by atoms with van der Waals surface area (Å²) in [4.78, 5) is 0. The molecule has 0 atom stereocenters. The zero-order chi connectivity index (χ0) is 22.2. The average molecular weight is 460 g/mol. The fraction of sp³-hybridized carbons (Fsp3) is 0. The number of furan rings is 1. The molecule has 0 aliphatic rings. The van der Waals surface area contributed by atoms with Gasteiger partial charge in [0.25, 0.3) is 0 Å². The molecular weight excluding hydrogens is 440 g/mol. The molecule has 0 saturated carbocycles. The van der Waals surface area contributed by atoms with E-state index in [0.29, 0.717) is 5.02 Å². The predicted molar refractivity (Wildman–Crippen MR) is 142 cm³/mol. The molecule has 0 N–H and O–H groups in total. The number of benzene rings is 5. The molecule has 0 aliphatic carbocycles. The van der Waals surface area contributed by atoms with Gasteiger partial charge in [-0.25, -0.2) is 0 Å². The Morgan fingerprint density at radius 3 is 1.73 bits per heavy atom. The van der Waals surface area contributed by atoms with Crippen molar-refractivity contribution in [2.75, 3.05) is 0 Å². The zero-order valence-corrected chi connectivity index (χ0v) is 19.6. The van der Waals surface area contributed by atoms with E-state index in [2.05, 4.69) is 97.1 Å². The van der Waals surface area contributed by atoms with E-state index in [1.807, 2.05) is 24.3 Å². The van der Waals surface area contributed by atoms with E-state index in [0.717, 1.165) is 27.5 Å². The molecule has 5 aromatic carbocycles. The van der Waals surface area contributed by atoms with Crippen LogP contribution in [0.3, 0.4) is 0 Å². The van der Waals surface area contributed by atoms with Crippen LogP contribution in [0.5, 0.6) is 0 Å². The maximum atomic E-state index is 6.68. The highest BCUT2D eigenvalue weighted by Crippen LogP contribution is 2.39. The zero-order valence-electron chi connectivity index (χ0n) is 17.8. The van der Waals surface area contributed by atoms with Gasteiger partial charge in [-0.15, -0.1) is 0 Å². The van der Waals surface area contributed by atoms with E-state index in [9.17, 15) is 0 Å². The van der Waals surface area contributed by atoms with Gasteiger partial charge < -0.3 is 4.42 Å². The molecule has 0 saturated heterocycles. The second kappa shape index (κ2) is 8.40. The molecule has 6 aromatic rings. The third-order valence-corrected chi connectivity index (χ3v) is 9.19. The second-order valence-corrected chi connectivity index (χ2v) is 10.9. The van der Waals surface area contributed by atoms with Gasteiger partial charge in [0.15, 0.2) is 8.80 Å². The van der Waals surface area contributed by atoms with Crippen molar-refractivity contribution in [2.24, 2.45) is 0 Å². The first-order valence-electron chi connectivity index (χ1n) is 11.0. The Bertz CT molecular complexity index is 1530. The summed E-state index contributed by atoms with van der Waals surface area (Å²) < 4.78 is 6.19. The number of hydrogen-bond acceptors (Lipinski definition) is 1. The van der Waals surface area contributed by atoms with Crippen LogP contribution in [0.1, 0.15) is 0 Å². The van der Waals surface area contributed by atoms with Gasteiger partial charge in [0.2, 0.25) is 0 Å². The maximum Gasteiger partial charge on any atom is 0.155 e. The smallest absolute Gasteiger partial charge is 0.155 e. The summed E-state index contributed by atoms with van der Waals surface area (Å²) >= 11 is 6.68. The highest BCUT2D eigenvalue weighted by Gasteiger charge is 2.24. The van der Waals surface area contributed by atoms with Crippen molar-refractivity contribution in [3.05, 3.63) is 126 Å². The lowest BCUT2D eigenvalue weighted by Crippen LogP contribution is -2.52. The minimum atomic E-state index is -1.23. The van der Waals surface area contributed by atoms with Gasteiger partial charge in [0, 0.05) is 10.8 Å². The third kappa shape index (κ3) is 3.48. The first-order valence-corrected chi connectivity index (χ1v) is 12.9. The van der Waals surface area contributed by atoms with E-state index >= 15 is 0 Å². The lowest BCUT2D eigenvalue weighted by Gasteiger charge is -2.20. The molecule has 0 aliphatic heterocycles. The molecular formula is C30H20ClOSi. The molecule has 6 rings (SSSR count). The first-order chi connectivity index (χ1) is 16.3. The van der Waals surface area contributed by atoms with E-state index in [4.69, 9.17) is 16.0 Å². The van der Waals surface area contributed by atoms with Gasteiger partial charge in [-0.3, -0.25) is 0 Å². The van der Waals surface area contributed by atoms with Crippen LogP contribution < -0.4 is 15.6 Å². The van der Waals surface area contributed by atoms with Crippen molar-refractivity contribution in [1.29, 1.82) is 0 Å². The summed E-state index contributed by atoms with van der Waals surface area (Å²) in [6, 6.07) is 42.6. The molecule has 0 spiro atoms. The van der Waals surface area contributed by atoms with Crippen LogP contribution >= 0.6 is 11.6 Å². The molecule has 157 valence electrons. The van der Waals surface area contributed by atoms with E-state index < -0.39 is 8.80 Å². The highest BCUT2D eigenvalue weighted by molar-refractivity contribution is 6.96. The van der Waals surface area contributed by atoms with Crippen LogP contribution in [-0.2, 0) is 0 Å². The molecule has 1 aromatic heterocycles. The molecule has 1 radical (unpaired) electrons. The summed E-state index contributed by atoms with van der Waals surface area (Å²) in [6.07, 6.45) is 0. The average Bonchev–Trinajstić information content (AvgIpc) is 3.26. The summed E-state index contributed by atoms with van der Waals surface area (Å²) in [7, 11) is -1.23. The number of halogens is 1. The largest absolute Gasteiger partial charge is 0.456 e. The SMILES string of the molecule is Clc1cccc2oc3cccc(-c4ccccc4[Si](c4ccccc4)c4ccccc4)c3c12. The Morgan fingerprint density at radius 1 is 0.485 bits per heavy atom. The van der Waals surface area contributed by atoms with Crippen molar-refractivity contribution in [1.82, 2.24) is 0 Å². The van der Waals surface area contributed by atoms with E-state index in [1.54, 1.807) is 0 Å². The van der Waals surface area contributed by atoms with Crippen molar-refractivity contribution in [3.63, 3.8) is 0 Å². The van der Waals surface area contributed by atoms with Crippen molar-refractivity contribution >= 4 is 57.9 Å². The maximum absolute atomic E-state index is 6.68. The van der Waals surface area contributed by atoms with Gasteiger partial charge in [0.05, 0.1) is 5.02 Å². The summed E-state index contributed by atoms with van der Waals surface area (Å²) in [6.45, 7) is 0. The molecule has 0 bridgehead atoms. The second-order valence-electron chi connectivity index (χ2n) is 8.05. The fourth-order valence-electron chi connectivity index (χ4n) is 4.67. The first kappa shape index (κ1) is 20.0. The topological polar surface area (TPSA) is 13.1 Å². The van der Waals surface area contributed by atoms with Crippen LogP contribution in [-0.4, -0.2) is 8.80 Å².